The normalized spacial score (nSPS) is 10.4. The number of rotatable bonds is 4. The van der Waals surface area contributed by atoms with E-state index in [0.717, 1.165) is 0 Å². The molecule has 0 N–H and O–H groups in total. The molecule has 0 bridgehead atoms. The first-order chi connectivity index (χ1) is 8.97. The van der Waals surface area contributed by atoms with Gasteiger partial charge in [0.2, 0.25) is 0 Å². The molecule has 2 rings (SSSR count). The summed E-state index contributed by atoms with van der Waals surface area (Å²) >= 11 is 3.12. The number of nitro groups is 1. The number of carbonyl (C=O) groups excluding carboxylic acids is 1. The van der Waals surface area contributed by atoms with Crippen molar-refractivity contribution in [2.45, 2.75) is 13.3 Å². The van der Waals surface area contributed by atoms with Gasteiger partial charge in [-0.3, -0.25) is 14.9 Å². The third-order valence-electron chi connectivity index (χ3n) is 2.51. The van der Waals surface area contributed by atoms with Gasteiger partial charge in [0, 0.05) is 11.6 Å². The van der Waals surface area contributed by atoms with Gasteiger partial charge in [0.15, 0.2) is 0 Å². The summed E-state index contributed by atoms with van der Waals surface area (Å²) in [7, 11) is 0. The molecular weight excluding hydrogens is 314 g/mol. The molecular formula is C13H10BrNO4. The molecule has 19 heavy (non-hydrogen) atoms. The lowest BCUT2D eigenvalue weighted by Gasteiger charge is -1.99. The highest BCUT2D eigenvalue weighted by molar-refractivity contribution is 9.10. The van der Waals surface area contributed by atoms with E-state index in [1.807, 2.05) is 0 Å². The fourth-order valence-electron chi connectivity index (χ4n) is 1.68. The number of ketones is 1. The second-order valence-electron chi connectivity index (χ2n) is 4.07. The Morgan fingerprint density at radius 2 is 2.11 bits per heavy atom. The Hall–Kier alpha value is -1.95. The van der Waals surface area contributed by atoms with E-state index in [0.29, 0.717) is 21.6 Å². The molecule has 0 aliphatic carbocycles. The second kappa shape index (κ2) is 5.36. The molecule has 0 amide bonds. The molecule has 5 nitrogen and oxygen atoms in total. The summed E-state index contributed by atoms with van der Waals surface area (Å²) in [4.78, 5) is 21.4. The minimum Gasteiger partial charge on any atom is -0.461 e. The molecule has 0 atom stereocenters. The van der Waals surface area contributed by atoms with Crippen LogP contribution in [-0.2, 0) is 11.2 Å². The molecule has 0 fully saturated rings. The van der Waals surface area contributed by atoms with Gasteiger partial charge in [-0.15, -0.1) is 0 Å². The molecule has 98 valence electrons. The first-order valence-corrected chi connectivity index (χ1v) is 6.29. The molecule has 2 aromatic rings. The van der Waals surface area contributed by atoms with Crippen LogP contribution in [0.2, 0.25) is 0 Å². The van der Waals surface area contributed by atoms with Crippen LogP contribution in [0.4, 0.5) is 5.69 Å². The lowest BCUT2D eigenvalue weighted by Crippen LogP contribution is -1.93. The first kappa shape index (κ1) is 13.5. The number of nitro benzene ring substituents is 1. The van der Waals surface area contributed by atoms with Crippen LogP contribution in [0.3, 0.4) is 0 Å². The lowest BCUT2D eigenvalue weighted by atomic mass is 10.1. The highest BCUT2D eigenvalue weighted by Crippen LogP contribution is 2.31. The molecule has 1 heterocycles. The van der Waals surface area contributed by atoms with Gasteiger partial charge in [0.1, 0.15) is 17.3 Å². The average molecular weight is 324 g/mol. The zero-order valence-electron chi connectivity index (χ0n) is 10.1. The number of hydrogen-bond acceptors (Lipinski definition) is 4. The van der Waals surface area contributed by atoms with E-state index in [1.54, 1.807) is 24.3 Å². The summed E-state index contributed by atoms with van der Waals surface area (Å²) in [5, 5.41) is 10.9. The van der Waals surface area contributed by atoms with Gasteiger partial charge in [0.25, 0.3) is 5.69 Å². The van der Waals surface area contributed by atoms with Gasteiger partial charge < -0.3 is 4.42 Å². The predicted octanol–water partition coefficient (Wildman–Crippen LogP) is 3.75. The van der Waals surface area contributed by atoms with Crippen LogP contribution in [0, 0.1) is 10.1 Å². The van der Waals surface area contributed by atoms with Crippen molar-refractivity contribution in [1.82, 2.24) is 0 Å². The zero-order chi connectivity index (χ0) is 14.0. The van der Waals surface area contributed by atoms with Crippen molar-refractivity contribution in [3.05, 3.63) is 50.7 Å². The summed E-state index contributed by atoms with van der Waals surface area (Å²) in [6.45, 7) is 1.48. The number of benzene rings is 1. The third kappa shape index (κ3) is 3.08. The van der Waals surface area contributed by atoms with E-state index in [9.17, 15) is 14.9 Å². The molecule has 1 aromatic heterocycles. The Kier molecular flexibility index (Phi) is 3.80. The number of halogens is 1. The zero-order valence-corrected chi connectivity index (χ0v) is 11.6. The van der Waals surface area contributed by atoms with Gasteiger partial charge in [-0.1, -0.05) is 0 Å². The molecule has 0 radical (unpaired) electrons. The summed E-state index contributed by atoms with van der Waals surface area (Å²) in [6.07, 6.45) is 0.221. The maximum atomic E-state index is 11.0. The second-order valence-corrected chi connectivity index (χ2v) is 4.92. The Labute approximate surface area is 117 Å². The minimum atomic E-state index is -0.465. The van der Waals surface area contributed by atoms with Crippen LogP contribution in [0.15, 0.2) is 39.2 Å². The maximum absolute atomic E-state index is 11.0. The van der Waals surface area contributed by atoms with Crippen molar-refractivity contribution < 1.29 is 14.1 Å². The molecule has 0 spiro atoms. The Balaban J connectivity index is 2.36. The van der Waals surface area contributed by atoms with Crippen molar-refractivity contribution >= 4 is 27.4 Å². The quantitative estimate of drug-likeness (QED) is 0.634. The lowest BCUT2D eigenvalue weighted by molar-refractivity contribution is -0.385. The number of nitrogens with zero attached hydrogens (tertiary/aromatic N) is 1. The van der Waals surface area contributed by atoms with Gasteiger partial charge >= 0.3 is 0 Å². The van der Waals surface area contributed by atoms with Crippen molar-refractivity contribution in [3.63, 3.8) is 0 Å². The molecule has 0 saturated carbocycles. The van der Waals surface area contributed by atoms with Crippen LogP contribution in [-0.4, -0.2) is 10.7 Å². The van der Waals surface area contributed by atoms with E-state index in [-0.39, 0.29) is 17.9 Å². The first-order valence-electron chi connectivity index (χ1n) is 5.50. The van der Waals surface area contributed by atoms with Crippen LogP contribution >= 0.6 is 15.9 Å². The fraction of sp³-hybridized carbons (Fsp3) is 0.154. The van der Waals surface area contributed by atoms with Crippen LogP contribution in [0.1, 0.15) is 12.7 Å². The molecule has 0 unspecified atom stereocenters. The summed E-state index contributed by atoms with van der Waals surface area (Å²) < 4.78 is 5.91. The standard InChI is InChI=1S/C13H10BrNO4/c1-8(16)6-10-3-5-13(19-10)9-2-4-11(14)12(7-9)15(17)18/h2-5,7H,6H2,1H3. The molecule has 0 saturated heterocycles. The third-order valence-corrected chi connectivity index (χ3v) is 3.18. The van der Waals surface area contributed by atoms with Gasteiger partial charge in [0.05, 0.1) is 15.8 Å². The number of Topliss-reactive ketones (excluding diaryl/α,β-unsaturated/α-hetero) is 1. The van der Waals surface area contributed by atoms with Gasteiger partial charge in [-0.25, -0.2) is 0 Å². The van der Waals surface area contributed by atoms with Crippen LogP contribution < -0.4 is 0 Å². The van der Waals surface area contributed by atoms with Crippen molar-refractivity contribution in [2.24, 2.45) is 0 Å². The SMILES string of the molecule is CC(=O)Cc1ccc(-c2ccc(Br)c([N+](=O)[O-])c2)o1. The van der Waals surface area contributed by atoms with Crippen LogP contribution in [0.5, 0.6) is 0 Å². The Morgan fingerprint density at radius 1 is 1.37 bits per heavy atom. The highest BCUT2D eigenvalue weighted by Gasteiger charge is 2.15. The number of hydrogen-bond donors (Lipinski definition) is 0. The van der Waals surface area contributed by atoms with Crippen molar-refractivity contribution in [2.75, 3.05) is 0 Å². The Morgan fingerprint density at radius 3 is 2.74 bits per heavy atom. The monoisotopic (exact) mass is 323 g/mol. The summed E-state index contributed by atoms with van der Waals surface area (Å²) in [5.74, 6) is 1.06. The van der Waals surface area contributed by atoms with Gasteiger partial charge in [-0.2, -0.15) is 0 Å². The van der Waals surface area contributed by atoms with E-state index < -0.39 is 4.92 Å². The molecule has 1 aromatic carbocycles. The van der Waals surface area contributed by atoms with Crippen LogP contribution in [0.25, 0.3) is 11.3 Å². The average Bonchev–Trinajstić information content (AvgIpc) is 2.76. The van der Waals surface area contributed by atoms with Crippen molar-refractivity contribution in [3.8, 4) is 11.3 Å². The topological polar surface area (TPSA) is 73.3 Å². The summed E-state index contributed by atoms with van der Waals surface area (Å²) in [6, 6.07) is 8.14. The van der Waals surface area contributed by atoms with E-state index in [2.05, 4.69) is 15.9 Å². The Bertz CT molecular complexity index is 648. The molecule has 6 heteroatoms. The number of furan rings is 1. The molecule has 0 aliphatic heterocycles. The smallest absolute Gasteiger partial charge is 0.284 e. The molecule has 0 aliphatic rings. The van der Waals surface area contributed by atoms with E-state index >= 15 is 0 Å². The van der Waals surface area contributed by atoms with Gasteiger partial charge in [-0.05, 0) is 47.1 Å². The maximum Gasteiger partial charge on any atom is 0.284 e. The predicted molar refractivity (Wildman–Crippen MR) is 72.9 cm³/mol. The van der Waals surface area contributed by atoms with Crippen molar-refractivity contribution in [1.29, 1.82) is 0 Å². The summed E-state index contributed by atoms with van der Waals surface area (Å²) in [5.41, 5.74) is 0.576. The minimum absolute atomic E-state index is 0.00249. The van der Waals surface area contributed by atoms with E-state index in [1.165, 1.54) is 13.0 Å². The largest absolute Gasteiger partial charge is 0.461 e. The van der Waals surface area contributed by atoms with E-state index in [4.69, 9.17) is 4.42 Å². The number of carbonyl (C=O) groups is 1. The highest BCUT2D eigenvalue weighted by atomic mass is 79.9. The fourth-order valence-corrected chi connectivity index (χ4v) is 2.07.